The Morgan fingerprint density at radius 2 is 1.66 bits per heavy atom. The minimum absolute atomic E-state index is 0.0474. The van der Waals surface area contributed by atoms with E-state index < -0.39 is 24.2 Å². The van der Waals surface area contributed by atoms with E-state index >= 15 is 0 Å². The molecule has 2 amide bonds. The molecular weight excluding hydrogens is 448 g/mol. The zero-order valence-corrected chi connectivity index (χ0v) is 20.0. The molecule has 0 bridgehead atoms. The van der Waals surface area contributed by atoms with Gasteiger partial charge in [0.1, 0.15) is 12.6 Å². The summed E-state index contributed by atoms with van der Waals surface area (Å²) in [5.74, 6) is -1.23. The van der Waals surface area contributed by atoms with Crippen LogP contribution in [0.25, 0.3) is 11.1 Å². The van der Waals surface area contributed by atoms with Gasteiger partial charge in [-0.3, -0.25) is 9.59 Å². The van der Waals surface area contributed by atoms with E-state index in [0.717, 1.165) is 28.7 Å². The van der Waals surface area contributed by atoms with Crippen molar-refractivity contribution in [3.8, 4) is 11.1 Å². The smallest absolute Gasteiger partial charge is 0.407 e. The van der Waals surface area contributed by atoms with E-state index in [-0.39, 0.29) is 36.8 Å². The van der Waals surface area contributed by atoms with Crippen LogP contribution in [0.3, 0.4) is 0 Å². The van der Waals surface area contributed by atoms with Crippen LogP contribution in [0.15, 0.2) is 48.5 Å². The van der Waals surface area contributed by atoms with Gasteiger partial charge in [0, 0.05) is 25.5 Å². The first-order valence-electron chi connectivity index (χ1n) is 12.0. The molecular formula is C27H32N2O6. The average molecular weight is 481 g/mol. The molecule has 1 saturated carbocycles. The van der Waals surface area contributed by atoms with Gasteiger partial charge in [0.05, 0.1) is 6.10 Å². The summed E-state index contributed by atoms with van der Waals surface area (Å²) in [6.07, 6.45) is 0.904. The molecule has 0 aromatic heterocycles. The molecule has 2 aromatic rings. The van der Waals surface area contributed by atoms with Crippen LogP contribution >= 0.6 is 0 Å². The van der Waals surface area contributed by atoms with Gasteiger partial charge in [0.2, 0.25) is 5.91 Å². The second-order valence-electron chi connectivity index (χ2n) is 9.37. The summed E-state index contributed by atoms with van der Waals surface area (Å²) >= 11 is 0. The van der Waals surface area contributed by atoms with Crippen molar-refractivity contribution in [3.05, 3.63) is 59.7 Å². The van der Waals surface area contributed by atoms with Crippen molar-refractivity contribution in [3.63, 3.8) is 0 Å². The highest BCUT2D eigenvalue weighted by molar-refractivity contribution is 5.86. The van der Waals surface area contributed by atoms with E-state index in [0.29, 0.717) is 12.8 Å². The highest BCUT2D eigenvalue weighted by Crippen LogP contribution is 2.44. The molecule has 0 radical (unpaired) electrons. The van der Waals surface area contributed by atoms with Crippen molar-refractivity contribution >= 4 is 18.0 Å². The number of carbonyl (C=O) groups is 3. The highest BCUT2D eigenvalue weighted by Gasteiger charge is 2.34. The molecule has 0 spiro atoms. The van der Waals surface area contributed by atoms with Crippen LogP contribution in [0.1, 0.15) is 49.7 Å². The molecule has 8 heteroatoms. The molecule has 4 atom stereocenters. The third-order valence-electron chi connectivity index (χ3n) is 7.09. The second-order valence-corrected chi connectivity index (χ2v) is 9.37. The van der Waals surface area contributed by atoms with E-state index in [1.807, 2.05) is 36.4 Å². The van der Waals surface area contributed by atoms with Crippen molar-refractivity contribution in [1.29, 1.82) is 0 Å². The number of nitrogens with one attached hydrogen (secondary N) is 2. The normalized spacial score (nSPS) is 20.4. The number of amides is 2. The fourth-order valence-electron chi connectivity index (χ4n) is 5.23. The Morgan fingerprint density at radius 3 is 2.26 bits per heavy atom. The number of carbonyl (C=O) groups excluding carboxylic acids is 2. The van der Waals surface area contributed by atoms with Crippen LogP contribution in [0, 0.1) is 5.92 Å². The van der Waals surface area contributed by atoms with Crippen LogP contribution in [0.5, 0.6) is 0 Å². The zero-order valence-electron chi connectivity index (χ0n) is 20.0. The first kappa shape index (κ1) is 24.7. The van der Waals surface area contributed by atoms with Crippen LogP contribution in [0.2, 0.25) is 0 Å². The summed E-state index contributed by atoms with van der Waals surface area (Å²) in [7, 11) is 1.48. The van der Waals surface area contributed by atoms with Gasteiger partial charge < -0.3 is 25.2 Å². The maximum Gasteiger partial charge on any atom is 0.407 e. The lowest BCUT2D eigenvalue weighted by atomic mass is 9.98. The Balaban J connectivity index is 1.36. The highest BCUT2D eigenvalue weighted by atomic mass is 16.5. The average Bonchev–Trinajstić information content (AvgIpc) is 3.41. The molecule has 0 aliphatic heterocycles. The number of carboxylic acids is 1. The van der Waals surface area contributed by atoms with Gasteiger partial charge in [-0.15, -0.1) is 0 Å². The van der Waals surface area contributed by atoms with Gasteiger partial charge in [-0.05, 0) is 54.4 Å². The fourth-order valence-corrected chi connectivity index (χ4v) is 5.23. The Morgan fingerprint density at radius 1 is 1.03 bits per heavy atom. The summed E-state index contributed by atoms with van der Waals surface area (Å²) in [5.41, 5.74) is 4.50. The minimum Gasteiger partial charge on any atom is -0.481 e. The number of hydrogen-bond donors (Lipinski definition) is 3. The number of methoxy groups -OCH3 is 1. The summed E-state index contributed by atoms with van der Waals surface area (Å²) < 4.78 is 10.9. The zero-order chi connectivity index (χ0) is 24.9. The number of carboxylic acid groups (broad SMARTS) is 1. The number of aliphatic carboxylic acids is 1. The molecule has 3 N–H and O–H groups in total. The molecule has 0 saturated heterocycles. The number of alkyl carbamates (subject to hydrolysis) is 1. The SMILES string of the molecule is COC(C)C(NC(=O)OCC1c2ccccc2-c2ccccc21)C(=O)N[C@@H]1CC[C@H](CC(=O)O)C1. The quantitative estimate of drug-likeness (QED) is 0.504. The molecule has 35 heavy (non-hydrogen) atoms. The molecule has 2 aromatic carbocycles. The predicted octanol–water partition coefficient (Wildman–Crippen LogP) is 3.69. The Labute approximate surface area is 205 Å². The van der Waals surface area contributed by atoms with Crippen molar-refractivity contribution in [2.45, 2.75) is 56.7 Å². The Bertz CT molecular complexity index is 1040. The molecule has 2 unspecified atom stereocenters. The van der Waals surface area contributed by atoms with Gasteiger partial charge in [0.15, 0.2) is 0 Å². The number of benzene rings is 2. The lowest BCUT2D eigenvalue weighted by molar-refractivity contribution is -0.138. The van der Waals surface area contributed by atoms with Gasteiger partial charge >= 0.3 is 12.1 Å². The van der Waals surface area contributed by atoms with E-state index in [1.165, 1.54) is 7.11 Å². The van der Waals surface area contributed by atoms with E-state index in [9.17, 15) is 14.4 Å². The minimum atomic E-state index is -0.936. The summed E-state index contributed by atoms with van der Waals surface area (Å²) in [4.78, 5) is 36.7. The molecule has 1 fully saturated rings. The van der Waals surface area contributed by atoms with Crippen molar-refractivity contribution in [2.24, 2.45) is 5.92 Å². The van der Waals surface area contributed by atoms with Gasteiger partial charge in [-0.25, -0.2) is 4.79 Å². The number of fused-ring (bicyclic) bond motifs is 3. The Hall–Kier alpha value is -3.39. The molecule has 186 valence electrons. The van der Waals surface area contributed by atoms with Crippen LogP contribution in [-0.4, -0.2) is 55.0 Å². The predicted molar refractivity (Wildman–Crippen MR) is 130 cm³/mol. The molecule has 2 aliphatic carbocycles. The standard InChI is InChI=1S/C27H32N2O6/c1-16(34-2)25(26(32)28-18-12-11-17(13-18)14-24(30)31)29-27(33)35-15-23-21-9-5-3-7-19(21)20-8-4-6-10-22(20)23/h3-10,16-18,23,25H,11-15H2,1-2H3,(H,28,32)(H,29,33)(H,30,31)/t16?,17-,18+,25?/m0/s1. The lowest BCUT2D eigenvalue weighted by Gasteiger charge is -2.25. The Kier molecular flexibility index (Phi) is 7.70. The lowest BCUT2D eigenvalue weighted by Crippen LogP contribution is -2.54. The van der Waals surface area contributed by atoms with Gasteiger partial charge in [-0.2, -0.15) is 0 Å². The maximum absolute atomic E-state index is 13.0. The van der Waals surface area contributed by atoms with Crippen LogP contribution in [0.4, 0.5) is 4.79 Å². The monoisotopic (exact) mass is 480 g/mol. The molecule has 4 rings (SSSR count). The van der Waals surface area contributed by atoms with Crippen LogP contribution < -0.4 is 10.6 Å². The van der Waals surface area contributed by atoms with Crippen molar-refractivity contribution in [2.75, 3.05) is 13.7 Å². The van der Waals surface area contributed by atoms with Crippen molar-refractivity contribution < 1.29 is 29.0 Å². The van der Waals surface area contributed by atoms with Gasteiger partial charge in [-0.1, -0.05) is 48.5 Å². The second kappa shape index (κ2) is 10.9. The number of rotatable bonds is 9. The van der Waals surface area contributed by atoms with Crippen LogP contribution in [-0.2, 0) is 19.1 Å². The summed E-state index contributed by atoms with van der Waals surface area (Å²) in [6.45, 7) is 1.85. The third-order valence-corrected chi connectivity index (χ3v) is 7.09. The number of hydrogen-bond acceptors (Lipinski definition) is 5. The molecule has 0 heterocycles. The van der Waals surface area contributed by atoms with E-state index in [1.54, 1.807) is 6.92 Å². The largest absolute Gasteiger partial charge is 0.481 e. The summed E-state index contributed by atoms with van der Waals surface area (Å²) in [6, 6.07) is 15.1. The van der Waals surface area contributed by atoms with Gasteiger partial charge in [0.25, 0.3) is 0 Å². The first-order valence-corrected chi connectivity index (χ1v) is 12.0. The third kappa shape index (κ3) is 5.65. The maximum atomic E-state index is 13.0. The fraction of sp³-hybridized carbons (Fsp3) is 0.444. The molecule has 8 nitrogen and oxygen atoms in total. The van der Waals surface area contributed by atoms with Crippen molar-refractivity contribution in [1.82, 2.24) is 10.6 Å². The van der Waals surface area contributed by atoms with E-state index in [2.05, 4.69) is 22.8 Å². The topological polar surface area (TPSA) is 114 Å². The first-order chi connectivity index (χ1) is 16.9. The number of ether oxygens (including phenoxy) is 2. The molecule has 2 aliphatic rings. The van der Waals surface area contributed by atoms with E-state index in [4.69, 9.17) is 14.6 Å². The summed E-state index contributed by atoms with van der Waals surface area (Å²) in [5, 5.41) is 14.6.